The lowest BCUT2D eigenvalue weighted by Gasteiger charge is -2.14. The van der Waals surface area contributed by atoms with Crippen molar-refractivity contribution in [1.29, 1.82) is 0 Å². The van der Waals surface area contributed by atoms with E-state index in [1.165, 1.54) is 10.5 Å². The molecule has 1 aromatic carbocycles. The van der Waals surface area contributed by atoms with Gasteiger partial charge in [-0.1, -0.05) is 43.8 Å². The number of hydrogen-bond acceptors (Lipinski definition) is 4. The van der Waals surface area contributed by atoms with Crippen molar-refractivity contribution >= 4 is 17.6 Å². The Labute approximate surface area is 112 Å². The zero-order valence-corrected chi connectivity index (χ0v) is 11.7. The summed E-state index contributed by atoms with van der Waals surface area (Å²) in [6.07, 6.45) is 1.61. The normalized spacial score (nSPS) is 10.7. The van der Waals surface area contributed by atoms with Gasteiger partial charge >= 0.3 is 0 Å². The molecule has 3 nitrogen and oxygen atoms in total. The average Bonchev–Trinajstić information content (AvgIpc) is 2.39. The van der Waals surface area contributed by atoms with Crippen LogP contribution in [0.4, 0.5) is 5.82 Å². The molecular weight excluding hydrogens is 242 g/mol. The fourth-order valence-corrected chi connectivity index (χ4v) is 2.84. The lowest BCUT2D eigenvalue weighted by Crippen LogP contribution is -2.03. The van der Waals surface area contributed by atoms with E-state index in [9.17, 15) is 0 Å². The number of benzene rings is 1. The van der Waals surface area contributed by atoms with Gasteiger partial charge in [0.15, 0.2) is 0 Å². The van der Waals surface area contributed by atoms with Crippen LogP contribution in [0.15, 0.2) is 46.6 Å². The first-order chi connectivity index (χ1) is 8.72. The Hall–Kier alpha value is -1.55. The predicted molar refractivity (Wildman–Crippen MR) is 76.2 cm³/mol. The molecule has 1 aromatic heterocycles. The molecule has 1 N–H and O–H groups in total. The van der Waals surface area contributed by atoms with Gasteiger partial charge in [0, 0.05) is 17.5 Å². The van der Waals surface area contributed by atoms with E-state index in [4.69, 9.17) is 0 Å². The Balaban J connectivity index is 2.38. The van der Waals surface area contributed by atoms with Gasteiger partial charge in [-0.3, -0.25) is 0 Å². The maximum Gasteiger partial charge on any atom is 0.133 e. The monoisotopic (exact) mass is 259 g/mol. The molecule has 0 bridgehead atoms. The van der Waals surface area contributed by atoms with E-state index in [-0.39, 0.29) is 0 Å². The van der Waals surface area contributed by atoms with E-state index in [0.29, 0.717) is 5.92 Å². The number of hydrogen-bond donors (Lipinski definition) is 1. The molecule has 94 valence electrons. The molecule has 0 aliphatic carbocycles. The van der Waals surface area contributed by atoms with Crippen molar-refractivity contribution in [3.05, 3.63) is 42.2 Å². The molecule has 18 heavy (non-hydrogen) atoms. The number of aromatic nitrogens is 2. The molecule has 0 spiro atoms. The van der Waals surface area contributed by atoms with E-state index in [1.54, 1.807) is 18.1 Å². The lowest BCUT2D eigenvalue weighted by molar-refractivity contribution is 0.806. The maximum atomic E-state index is 4.42. The quantitative estimate of drug-likeness (QED) is 0.848. The van der Waals surface area contributed by atoms with E-state index in [1.807, 2.05) is 25.2 Å². The Bertz CT molecular complexity index is 512. The maximum absolute atomic E-state index is 4.42. The summed E-state index contributed by atoms with van der Waals surface area (Å²) in [6.45, 7) is 4.32. The summed E-state index contributed by atoms with van der Waals surface area (Å²) in [6, 6.07) is 10.3. The first-order valence-corrected chi connectivity index (χ1v) is 6.79. The van der Waals surface area contributed by atoms with Crippen LogP contribution in [0.2, 0.25) is 0 Å². The summed E-state index contributed by atoms with van der Waals surface area (Å²) in [5, 5.41) is 4.16. The summed E-state index contributed by atoms with van der Waals surface area (Å²) in [4.78, 5) is 9.90. The molecule has 4 heteroatoms. The predicted octanol–water partition coefficient (Wildman–Crippen LogP) is 3.79. The van der Waals surface area contributed by atoms with Crippen molar-refractivity contribution in [3.8, 4) is 0 Å². The Morgan fingerprint density at radius 1 is 1.11 bits per heavy atom. The Kier molecular flexibility index (Phi) is 4.20. The summed E-state index contributed by atoms with van der Waals surface area (Å²) < 4.78 is 0. The highest BCUT2D eigenvalue weighted by atomic mass is 32.2. The van der Waals surface area contributed by atoms with Gasteiger partial charge in [-0.15, -0.1) is 0 Å². The third-order valence-electron chi connectivity index (χ3n) is 2.62. The highest BCUT2D eigenvalue weighted by Crippen LogP contribution is 2.34. The average molecular weight is 259 g/mol. The fourth-order valence-electron chi connectivity index (χ4n) is 1.78. The third kappa shape index (κ3) is 2.82. The third-order valence-corrected chi connectivity index (χ3v) is 3.65. The Morgan fingerprint density at radius 3 is 2.44 bits per heavy atom. The van der Waals surface area contributed by atoms with Crippen molar-refractivity contribution in [2.24, 2.45) is 0 Å². The van der Waals surface area contributed by atoms with Crippen molar-refractivity contribution < 1.29 is 0 Å². The summed E-state index contributed by atoms with van der Waals surface area (Å²) >= 11 is 1.68. The zero-order valence-electron chi connectivity index (χ0n) is 10.8. The van der Waals surface area contributed by atoms with Crippen LogP contribution in [0.25, 0.3) is 0 Å². The number of anilines is 1. The van der Waals surface area contributed by atoms with Crippen molar-refractivity contribution in [3.63, 3.8) is 0 Å². The molecule has 0 atom stereocenters. The molecule has 0 saturated heterocycles. The molecule has 0 aliphatic heterocycles. The van der Waals surface area contributed by atoms with Crippen LogP contribution in [0.3, 0.4) is 0 Å². The van der Waals surface area contributed by atoms with E-state index in [0.717, 1.165) is 10.8 Å². The van der Waals surface area contributed by atoms with Gasteiger partial charge in [0.2, 0.25) is 0 Å². The SMILES string of the molecule is CNc1ncnc(Sc2ccccc2)c1C(C)C. The fraction of sp³-hybridized carbons (Fsp3) is 0.286. The highest BCUT2D eigenvalue weighted by Gasteiger charge is 2.14. The highest BCUT2D eigenvalue weighted by molar-refractivity contribution is 7.99. The van der Waals surface area contributed by atoms with Crippen molar-refractivity contribution in [1.82, 2.24) is 9.97 Å². The van der Waals surface area contributed by atoms with Crippen LogP contribution < -0.4 is 5.32 Å². The Morgan fingerprint density at radius 2 is 1.83 bits per heavy atom. The van der Waals surface area contributed by atoms with Gasteiger partial charge in [0.1, 0.15) is 17.2 Å². The number of nitrogens with one attached hydrogen (secondary N) is 1. The van der Waals surface area contributed by atoms with E-state index < -0.39 is 0 Å². The van der Waals surface area contributed by atoms with Crippen LogP contribution >= 0.6 is 11.8 Å². The molecule has 0 amide bonds. The first-order valence-electron chi connectivity index (χ1n) is 5.98. The van der Waals surface area contributed by atoms with E-state index >= 15 is 0 Å². The molecule has 1 heterocycles. The van der Waals surface area contributed by atoms with Crippen LogP contribution in [-0.2, 0) is 0 Å². The second-order valence-corrected chi connectivity index (χ2v) is 5.32. The minimum Gasteiger partial charge on any atom is -0.373 e. The van der Waals surface area contributed by atoms with Crippen LogP contribution in [0, 0.1) is 0 Å². The van der Waals surface area contributed by atoms with Gasteiger partial charge in [0.25, 0.3) is 0 Å². The summed E-state index contributed by atoms with van der Waals surface area (Å²) in [5.41, 5.74) is 1.17. The zero-order chi connectivity index (χ0) is 13.0. The van der Waals surface area contributed by atoms with Crippen LogP contribution in [0.5, 0.6) is 0 Å². The van der Waals surface area contributed by atoms with Crippen molar-refractivity contribution in [2.75, 3.05) is 12.4 Å². The van der Waals surface area contributed by atoms with Gasteiger partial charge in [0.05, 0.1) is 0 Å². The summed E-state index contributed by atoms with van der Waals surface area (Å²) in [7, 11) is 1.89. The van der Waals surface area contributed by atoms with E-state index in [2.05, 4.69) is 41.3 Å². The first kappa shape index (κ1) is 12.9. The molecule has 0 fully saturated rings. The van der Waals surface area contributed by atoms with Crippen molar-refractivity contribution in [2.45, 2.75) is 29.7 Å². The second kappa shape index (κ2) is 5.87. The standard InChI is InChI=1S/C14H17N3S/c1-10(2)12-13(15-3)16-9-17-14(12)18-11-7-5-4-6-8-11/h4-10H,1-3H3,(H,15,16,17). The molecule has 0 radical (unpaired) electrons. The molecule has 2 rings (SSSR count). The minimum absolute atomic E-state index is 0.389. The molecule has 2 aromatic rings. The summed E-state index contributed by atoms with van der Waals surface area (Å²) in [5.74, 6) is 1.30. The topological polar surface area (TPSA) is 37.8 Å². The second-order valence-electron chi connectivity index (χ2n) is 4.26. The van der Waals surface area contributed by atoms with Crippen LogP contribution in [-0.4, -0.2) is 17.0 Å². The number of rotatable bonds is 4. The molecule has 0 aliphatic rings. The van der Waals surface area contributed by atoms with Gasteiger partial charge < -0.3 is 5.32 Å². The molecule has 0 saturated carbocycles. The van der Waals surface area contributed by atoms with Gasteiger partial charge in [-0.05, 0) is 18.1 Å². The molecular formula is C14H17N3S. The van der Waals surface area contributed by atoms with Crippen LogP contribution in [0.1, 0.15) is 25.3 Å². The number of nitrogens with zero attached hydrogens (tertiary/aromatic N) is 2. The minimum atomic E-state index is 0.389. The van der Waals surface area contributed by atoms with Gasteiger partial charge in [-0.25, -0.2) is 9.97 Å². The lowest BCUT2D eigenvalue weighted by atomic mass is 10.1. The van der Waals surface area contributed by atoms with Gasteiger partial charge in [-0.2, -0.15) is 0 Å². The largest absolute Gasteiger partial charge is 0.373 e. The smallest absolute Gasteiger partial charge is 0.133 e. The molecule has 0 unspecified atom stereocenters.